The van der Waals surface area contributed by atoms with E-state index in [9.17, 15) is 19.5 Å². The van der Waals surface area contributed by atoms with Gasteiger partial charge in [0.25, 0.3) is 5.91 Å². The van der Waals surface area contributed by atoms with Crippen LogP contribution in [0.15, 0.2) is 53.3 Å². The number of fused-ring (bicyclic) bond motifs is 1. The number of aliphatic hydroxyl groups is 1. The first kappa shape index (κ1) is 32.7. The van der Waals surface area contributed by atoms with E-state index in [0.29, 0.717) is 0 Å². The lowest BCUT2D eigenvalue weighted by atomic mass is 10.1. The maximum atomic E-state index is 12.9. The second-order valence-corrected chi connectivity index (χ2v) is 11.2. The van der Waals surface area contributed by atoms with Gasteiger partial charge in [-0.15, -0.1) is 0 Å². The molecule has 0 fully saturated rings. The summed E-state index contributed by atoms with van der Waals surface area (Å²) in [6.45, 7) is 7.16. The summed E-state index contributed by atoms with van der Waals surface area (Å²) in [5.74, 6) is -0.399. The van der Waals surface area contributed by atoms with E-state index in [1.807, 2.05) is 18.2 Å². The number of carbonyl (C=O) groups is 3. The summed E-state index contributed by atoms with van der Waals surface area (Å²) >= 11 is 12.7. The van der Waals surface area contributed by atoms with Crippen molar-refractivity contribution in [1.82, 2.24) is 21.3 Å². The summed E-state index contributed by atoms with van der Waals surface area (Å²) in [7, 11) is 0. The highest BCUT2D eigenvalue weighted by Gasteiger charge is 2.23. The number of halogens is 2. The summed E-state index contributed by atoms with van der Waals surface area (Å²) in [6.07, 6.45) is 2.39. The maximum absolute atomic E-state index is 12.9. The first-order valence-electron chi connectivity index (χ1n) is 13.4. The predicted molar refractivity (Wildman–Crippen MR) is 164 cm³/mol. The van der Waals surface area contributed by atoms with Crippen molar-refractivity contribution in [2.45, 2.75) is 58.4 Å². The lowest BCUT2D eigenvalue weighted by Gasteiger charge is -2.19. The minimum Gasteiger partial charge on any atom is -0.444 e. The van der Waals surface area contributed by atoms with Crippen LogP contribution < -0.4 is 26.6 Å². The molecule has 2 aromatic carbocycles. The zero-order chi connectivity index (χ0) is 30.9. The van der Waals surface area contributed by atoms with Crippen LogP contribution in [0.5, 0.6) is 0 Å². The van der Waals surface area contributed by atoms with Crippen molar-refractivity contribution in [1.29, 1.82) is 0 Å². The number of urea groups is 1. The zero-order valence-electron chi connectivity index (χ0n) is 23.9. The Morgan fingerprint density at radius 3 is 2.55 bits per heavy atom. The van der Waals surface area contributed by atoms with E-state index in [1.165, 1.54) is 23.8 Å². The highest BCUT2D eigenvalue weighted by molar-refractivity contribution is 6.41. The van der Waals surface area contributed by atoms with Crippen LogP contribution in [0, 0.1) is 0 Å². The Bertz CT molecular complexity index is 1360. The van der Waals surface area contributed by atoms with Crippen LogP contribution in [-0.4, -0.2) is 54.3 Å². The molecular formula is C29H36Cl2N6O5. The predicted octanol–water partition coefficient (Wildman–Crippen LogP) is 4.90. The number of nitrogens with zero attached hydrogens (tertiary/aromatic N) is 1. The number of nitrogens with one attached hydrogen (secondary N) is 5. The van der Waals surface area contributed by atoms with Crippen LogP contribution >= 0.6 is 23.2 Å². The molecule has 2 atom stereocenters. The third-order valence-corrected chi connectivity index (χ3v) is 6.72. The molecule has 0 radical (unpaired) electrons. The number of alkyl carbamates (subject to hydrolysis) is 1. The van der Waals surface area contributed by atoms with Gasteiger partial charge >= 0.3 is 12.1 Å². The highest BCUT2D eigenvalue weighted by atomic mass is 35.5. The molecule has 42 heavy (non-hydrogen) atoms. The van der Waals surface area contributed by atoms with Gasteiger partial charge in [-0.2, -0.15) is 0 Å². The molecule has 1 aliphatic carbocycles. The van der Waals surface area contributed by atoms with Gasteiger partial charge in [0.15, 0.2) is 6.23 Å². The summed E-state index contributed by atoms with van der Waals surface area (Å²) in [5.41, 5.74) is 1.89. The van der Waals surface area contributed by atoms with Crippen molar-refractivity contribution in [3.05, 3.63) is 75.0 Å². The van der Waals surface area contributed by atoms with Crippen molar-refractivity contribution in [2.24, 2.45) is 4.99 Å². The SMILES string of the molecule is C/C=C(\N=C/C(O)Nc1ccc(Cl)c(C(=O)NCCNC(=O)N[C@@H]2CCc3ccccc32)c1Cl)NC(=O)OC(C)(C)C. The zero-order valence-corrected chi connectivity index (χ0v) is 25.4. The van der Waals surface area contributed by atoms with Gasteiger partial charge in [0.1, 0.15) is 11.4 Å². The fourth-order valence-electron chi connectivity index (χ4n) is 4.16. The van der Waals surface area contributed by atoms with E-state index in [2.05, 4.69) is 37.6 Å². The molecule has 3 rings (SSSR count). The van der Waals surface area contributed by atoms with Crippen molar-refractivity contribution >= 4 is 53.1 Å². The number of amides is 4. The normalized spacial score (nSPS) is 15.5. The van der Waals surface area contributed by atoms with Crippen molar-refractivity contribution < 1.29 is 24.2 Å². The van der Waals surface area contributed by atoms with Gasteiger partial charge in [-0.05, 0) is 69.9 Å². The van der Waals surface area contributed by atoms with Crippen LogP contribution in [0.1, 0.15) is 61.6 Å². The smallest absolute Gasteiger partial charge is 0.413 e. The number of hydrogen-bond donors (Lipinski definition) is 6. The van der Waals surface area contributed by atoms with Crippen LogP contribution in [0.25, 0.3) is 0 Å². The first-order valence-corrected chi connectivity index (χ1v) is 14.2. The molecule has 0 spiro atoms. The largest absolute Gasteiger partial charge is 0.444 e. The molecule has 2 aromatic rings. The topological polar surface area (TPSA) is 153 Å². The third kappa shape index (κ3) is 9.64. The fraction of sp³-hybridized carbons (Fsp3) is 0.379. The van der Waals surface area contributed by atoms with Crippen molar-refractivity contribution in [2.75, 3.05) is 18.4 Å². The van der Waals surface area contributed by atoms with E-state index < -0.39 is 23.8 Å². The van der Waals surface area contributed by atoms with Gasteiger partial charge in [0, 0.05) is 13.1 Å². The molecule has 6 N–H and O–H groups in total. The maximum Gasteiger partial charge on any atom is 0.413 e. The number of allylic oxidation sites excluding steroid dienone is 1. The molecular weight excluding hydrogens is 583 g/mol. The Kier molecular flexibility index (Phi) is 11.6. The summed E-state index contributed by atoms with van der Waals surface area (Å²) < 4.78 is 5.19. The molecule has 226 valence electrons. The molecule has 0 aliphatic heterocycles. The Balaban J connectivity index is 1.50. The third-order valence-electron chi connectivity index (χ3n) is 6.01. The van der Waals surface area contributed by atoms with Crippen molar-refractivity contribution in [3.8, 4) is 0 Å². The minimum atomic E-state index is -1.33. The Labute approximate surface area is 255 Å². The average Bonchev–Trinajstić information content (AvgIpc) is 3.32. The second kappa shape index (κ2) is 14.9. The summed E-state index contributed by atoms with van der Waals surface area (Å²) in [5, 5.41) is 24.1. The number of aliphatic imine (C=N–C) groups is 1. The molecule has 13 heteroatoms. The number of hydrogen-bond acceptors (Lipinski definition) is 7. The average molecular weight is 620 g/mol. The van der Waals surface area contributed by atoms with E-state index >= 15 is 0 Å². The molecule has 11 nitrogen and oxygen atoms in total. The van der Waals surface area contributed by atoms with E-state index in [-0.39, 0.29) is 52.3 Å². The van der Waals surface area contributed by atoms with Crippen LogP contribution in [0.3, 0.4) is 0 Å². The number of anilines is 1. The molecule has 0 heterocycles. The van der Waals surface area contributed by atoms with Gasteiger partial charge in [0.05, 0.1) is 33.6 Å². The van der Waals surface area contributed by atoms with Crippen LogP contribution in [0.2, 0.25) is 10.0 Å². The number of rotatable bonds is 10. The summed E-state index contributed by atoms with van der Waals surface area (Å²) in [4.78, 5) is 41.2. The quantitative estimate of drug-likeness (QED) is 0.126. The van der Waals surface area contributed by atoms with Gasteiger partial charge in [-0.25, -0.2) is 14.6 Å². The molecule has 0 bridgehead atoms. The lowest BCUT2D eigenvalue weighted by Crippen LogP contribution is -2.41. The number of aryl methyl sites for hydroxylation is 1. The fourth-order valence-corrected chi connectivity index (χ4v) is 4.76. The number of ether oxygens (including phenoxy) is 1. The monoisotopic (exact) mass is 618 g/mol. The lowest BCUT2D eigenvalue weighted by molar-refractivity contribution is 0.0545. The molecule has 4 amide bonds. The van der Waals surface area contributed by atoms with E-state index in [4.69, 9.17) is 27.9 Å². The van der Waals surface area contributed by atoms with Gasteiger partial charge in [0.2, 0.25) is 0 Å². The molecule has 0 saturated heterocycles. The number of carbonyl (C=O) groups excluding carboxylic acids is 3. The van der Waals surface area contributed by atoms with E-state index in [0.717, 1.165) is 24.6 Å². The van der Waals surface area contributed by atoms with Crippen molar-refractivity contribution in [3.63, 3.8) is 0 Å². The first-order chi connectivity index (χ1) is 19.9. The second-order valence-electron chi connectivity index (χ2n) is 10.4. The van der Waals surface area contributed by atoms with Gasteiger partial charge in [-0.3, -0.25) is 10.1 Å². The minimum absolute atomic E-state index is 0.000205. The highest BCUT2D eigenvalue weighted by Crippen LogP contribution is 2.32. The van der Waals surface area contributed by atoms with Crippen LogP contribution in [-0.2, 0) is 11.2 Å². The Morgan fingerprint density at radius 2 is 1.83 bits per heavy atom. The molecule has 1 aliphatic rings. The Hall–Kier alpha value is -3.80. The molecule has 1 unspecified atom stereocenters. The van der Waals surface area contributed by atoms with E-state index in [1.54, 1.807) is 27.7 Å². The number of benzene rings is 2. The van der Waals surface area contributed by atoms with Gasteiger partial charge in [-0.1, -0.05) is 47.5 Å². The molecule has 0 aromatic heterocycles. The number of aliphatic hydroxyl groups excluding tert-OH is 1. The van der Waals surface area contributed by atoms with Crippen LogP contribution in [0.4, 0.5) is 15.3 Å². The van der Waals surface area contributed by atoms with Gasteiger partial charge < -0.3 is 31.1 Å². The standard InChI is InChI=1S/C29H36Cl2N6O5/c1-5-22(37-28(41)42-29(2,3)4)34-16-23(38)35-21-13-11-19(30)24(25(21)31)26(39)32-14-15-33-27(40)36-20-12-10-17-8-6-7-9-18(17)20/h5-9,11,13,16,20,23,35,38H,10,12,14-15H2,1-4H3,(H,32,39)(H,37,41)(H2,33,36,40)/b22-5+,34-16-/t20-,23?/m1/s1. The molecule has 0 saturated carbocycles. The Morgan fingerprint density at radius 1 is 1.12 bits per heavy atom. The summed E-state index contributed by atoms with van der Waals surface area (Å²) in [6, 6.07) is 10.6.